The van der Waals surface area contributed by atoms with Crippen LogP contribution in [0.1, 0.15) is 18.1 Å². The molecule has 0 aliphatic rings. The van der Waals surface area contributed by atoms with E-state index in [2.05, 4.69) is 31.2 Å². The molecule has 0 aromatic heterocycles. The number of aryl methyl sites for hydroxylation is 2. The van der Waals surface area contributed by atoms with Crippen LogP contribution >= 0.6 is 0 Å². The first kappa shape index (κ1) is 10.7. The average molecular weight is 212 g/mol. The van der Waals surface area contributed by atoms with Gasteiger partial charge in [0.15, 0.2) is 0 Å². The van der Waals surface area contributed by atoms with Crippen LogP contribution in [0.25, 0.3) is 11.1 Å². The van der Waals surface area contributed by atoms with Gasteiger partial charge in [0.1, 0.15) is 5.75 Å². The van der Waals surface area contributed by atoms with E-state index in [0.717, 1.165) is 12.0 Å². The summed E-state index contributed by atoms with van der Waals surface area (Å²) in [5, 5.41) is 9.37. The van der Waals surface area contributed by atoms with Crippen molar-refractivity contribution in [2.45, 2.75) is 20.3 Å². The Labute approximate surface area is 96.4 Å². The topological polar surface area (TPSA) is 20.2 Å². The molecule has 2 aromatic carbocycles. The molecule has 0 atom stereocenters. The maximum atomic E-state index is 9.37. The first-order valence-corrected chi connectivity index (χ1v) is 5.59. The molecule has 2 aromatic rings. The molecule has 0 amide bonds. The molecule has 0 aliphatic heterocycles. The van der Waals surface area contributed by atoms with Gasteiger partial charge in [-0.15, -0.1) is 0 Å². The predicted octanol–water partition coefficient (Wildman–Crippen LogP) is 3.93. The zero-order valence-electron chi connectivity index (χ0n) is 9.70. The van der Waals surface area contributed by atoms with Gasteiger partial charge in [-0.1, -0.05) is 37.3 Å². The van der Waals surface area contributed by atoms with E-state index in [4.69, 9.17) is 0 Å². The quantitative estimate of drug-likeness (QED) is 0.799. The second-order valence-electron chi connectivity index (χ2n) is 4.05. The Morgan fingerprint density at radius 3 is 2.25 bits per heavy atom. The molecule has 0 bridgehead atoms. The van der Waals surface area contributed by atoms with Gasteiger partial charge in [-0.25, -0.2) is 0 Å². The molecule has 0 unspecified atom stereocenters. The molecule has 0 fully saturated rings. The highest BCUT2D eigenvalue weighted by molar-refractivity contribution is 5.68. The molecule has 1 nitrogen and oxygen atoms in total. The van der Waals surface area contributed by atoms with Crippen molar-refractivity contribution in [2.75, 3.05) is 0 Å². The van der Waals surface area contributed by atoms with Gasteiger partial charge in [-0.05, 0) is 47.7 Å². The van der Waals surface area contributed by atoms with Gasteiger partial charge in [0.25, 0.3) is 0 Å². The first-order chi connectivity index (χ1) is 7.70. The van der Waals surface area contributed by atoms with Crippen molar-refractivity contribution in [3.63, 3.8) is 0 Å². The van der Waals surface area contributed by atoms with Crippen molar-refractivity contribution in [3.05, 3.63) is 53.6 Å². The number of phenolic OH excluding ortho intramolecular Hbond substituents is 1. The summed E-state index contributed by atoms with van der Waals surface area (Å²) in [5.74, 6) is 0.325. The molecule has 1 N–H and O–H groups in total. The van der Waals surface area contributed by atoms with Gasteiger partial charge in [-0.3, -0.25) is 0 Å². The minimum atomic E-state index is 0.325. The number of aromatic hydroxyl groups is 1. The van der Waals surface area contributed by atoms with Crippen LogP contribution in [0, 0.1) is 6.92 Å². The molecule has 2 rings (SSSR count). The van der Waals surface area contributed by atoms with E-state index < -0.39 is 0 Å². The van der Waals surface area contributed by atoms with E-state index in [-0.39, 0.29) is 0 Å². The molecule has 16 heavy (non-hydrogen) atoms. The Hall–Kier alpha value is -1.76. The number of rotatable bonds is 2. The molecule has 0 radical (unpaired) electrons. The number of hydrogen-bond acceptors (Lipinski definition) is 1. The fraction of sp³-hybridized carbons (Fsp3) is 0.200. The third-order valence-electron chi connectivity index (χ3n) is 2.88. The largest absolute Gasteiger partial charge is 0.508 e. The van der Waals surface area contributed by atoms with Gasteiger partial charge in [0.2, 0.25) is 0 Å². The lowest BCUT2D eigenvalue weighted by molar-refractivity contribution is 0.475. The average Bonchev–Trinajstić information content (AvgIpc) is 2.29. The summed E-state index contributed by atoms with van der Waals surface area (Å²) < 4.78 is 0. The lowest BCUT2D eigenvalue weighted by Crippen LogP contribution is -1.84. The van der Waals surface area contributed by atoms with Crippen LogP contribution in [0.5, 0.6) is 5.75 Å². The minimum absolute atomic E-state index is 0.325. The molecule has 0 heterocycles. The fourth-order valence-electron chi connectivity index (χ4n) is 1.89. The van der Waals surface area contributed by atoms with Crippen LogP contribution in [0.15, 0.2) is 42.5 Å². The van der Waals surface area contributed by atoms with Crippen molar-refractivity contribution in [3.8, 4) is 16.9 Å². The molecule has 0 spiro atoms. The Morgan fingerprint density at radius 2 is 1.69 bits per heavy atom. The van der Waals surface area contributed by atoms with Crippen LogP contribution in [-0.4, -0.2) is 5.11 Å². The molecular weight excluding hydrogens is 196 g/mol. The maximum Gasteiger partial charge on any atom is 0.115 e. The zero-order valence-corrected chi connectivity index (χ0v) is 9.70. The Kier molecular flexibility index (Phi) is 2.95. The first-order valence-electron chi connectivity index (χ1n) is 5.59. The molecule has 1 heteroatoms. The summed E-state index contributed by atoms with van der Waals surface area (Å²) >= 11 is 0. The SMILES string of the molecule is CCc1ccc(-c2ccc(O)cc2C)cc1. The number of hydrogen-bond donors (Lipinski definition) is 1. The van der Waals surface area contributed by atoms with Crippen molar-refractivity contribution in [2.24, 2.45) is 0 Å². The van der Waals surface area contributed by atoms with Gasteiger partial charge >= 0.3 is 0 Å². The van der Waals surface area contributed by atoms with Crippen molar-refractivity contribution in [1.82, 2.24) is 0 Å². The van der Waals surface area contributed by atoms with Crippen molar-refractivity contribution >= 4 is 0 Å². The lowest BCUT2D eigenvalue weighted by atomic mass is 9.99. The van der Waals surface area contributed by atoms with Crippen LogP contribution in [-0.2, 0) is 6.42 Å². The van der Waals surface area contributed by atoms with Gasteiger partial charge < -0.3 is 5.11 Å². The van der Waals surface area contributed by atoms with Crippen molar-refractivity contribution in [1.29, 1.82) is 0 Å². The Morgan fingerprint density at radius 1 is 1.00 bits per heavy atom. The van der Waals surface area contributed by atoms with Crippen LogP contribution < -0.4 is 0 Å². The Bertz CT molecular complexity index is 483. The standard InChI is InChI=1S/C15H16O/c1-3-12-4-6-13(7-5-12)15-9-8-14(16)10-11(15)2/h4-10,16H,3H2,1-2H3. The normalized spacial score (nSPS) is 10.4. The maximum absolute atomic E-state index is 9.37. The van der Waals surface area contributed by atoms with Crippen LogP contribution in [0.4, 0.5) is 0 Å². The fourth-order valence-corrected chi connectivity index (χ4v) is 1.89. The van der Waals surface area contributed by atoms with Gasteiger partial charge in [0, 0.05) is 0 Å². The lowest BCUT2D eigenvalue weighted by Gasteiger charge is -2.07. The molecule has 0 saturated carbocycles. The van der Waals surface area contributed by atoms with E-state index in [1.165, 1.54) is 16.7 Å². The summed E-state index contributed by atoms with van der Waals surface area (Å²) in [6.07, 6.45) is 1.06. The molecule has 82 valence electrons. The summed E-state index contributed by atoms with van der Waals surface area (Å²) in [4.78, 5) is 0. The van der Waals surface area contributed by atoms with E-state index >= 15 is 0 Å². The van der Waals surface area contributed by atoms with E-state index in [0.29, 0.717) is 5.75 Å². The summed E-state index contributed by atoms with van der Waals surface area (Å²) in [5.41, 5.74) is 4.83. The molecule has 0 aliphatic carbocycles. The highest BCUT2D eigenvalue weighted by Crippen LogP contribution is 2.26. The smallest absolute Gasteiger partial charge is 0.115 e. The number of phenols is 1. The predicted molar refractivity (Wildman–Crippen MR) is 67.7 cm³/mol. The van der Waals surface area contributed by atoms with Gasteiger partial charge in [0.05, 0.1) is 0 Å². The monoisotopic (exact) mass is 212 g/mol. The van der Waals surface area contributed by atoms with Crippen molar-refractivity contribution < 1.29 is 5.11 Å². The second kappa shape index (κ2) is 4.40. The number of benzene rings is 2. The Balaban J connectivity index is 2.42. The summed E-state index contributed by atoms with van der Waals surface area (Å²) in [7, 11) is 0. The van der Waals surface area contributed by atoms with E-state index in [9.17, 15) is 5.11 Å². The van der Waals surface area contributed by atoms with Gasteiger partial charge in [-0.2, -0.15) is 0 Å². The minimum Gasteiger partial charge on any atom is -0.508 e. The van der Waals surface area contributed by atoms with E-state index in [1.54, 1.807) is 12.1 Å². The third kappa shape index (κ3) is 2.08. The van der Waals surface area contributed by atoms with Crippen LogP contribution in [0.2, 0.25) is 0 Å². The molecular formula is C15H16O. The molecule has 0 saturated heterocycles. The highest BCUT2D eigenvalue weighted by atomic mass is 16.3. The van der Waals surface area contributed by atoms with E-state index in [1.807, 2.05) is 13.0 Å². The second-order valence-corrected chi connectivity index (χ2v) is 4.05. The summed E-state index contributed by atoms with van der Waals surface area (Å²) in [6.45, 7) is 4.17. The third-order valence-corrected chi connectivity index (χ3v) is 2.88. The highest BCUT2D eigenvalue weighted by Gasteiger charge is 2.02. The van der Waals surface area contributed by atoms with Crippen LogP contribution in [0.3, 0.4) is 0 Å². The summed E-state index contributed by atoms with van der Waals surface area (Å²) in [6, 6.07) is 14.1. The zero-order chi connectivity index (χ0) is 11.5.